The van der Waals surface area contributed by atoms with Crippen molar-refractivity contribution in [2.24, 2.45) is 17.8 Å². The summed E-state index contributed by atoms with van der Waals surface area (Å²) < 4.78 is 17.3. The molecule has 43 heavy (non-hydrogen) atoms. The van der Waals surface area contributed by atoms with Crippen molar-refractivity contribution in [3.63, 3.8) is 0 Å². The second-order valence-corrected chi connectivity index (χ2v) is 13.6. The van der Waals surface area contributed by atoms with Crippen molar-refractivity contribution in [2.75, 3.05) is 24.3 Å². The topological polar surface area (TPSA) is 172 Å². The number of nitrogens with zero attached hydrogens (tertiary/aromatic N) is 3. The number of halogens is 1. The number of hydrogen-bond donors (Lipinski definition) is 2. The molecule has 0 unspecified atom stereocenters. The molecular formula is C29H36BrN5O8. The lowest BCUT2D eigenvalue weighted by Crippen LogP contribution is -2.45. The Bertz CT molecular complexity index is 1480. The largest absolute Gasteiger partial charge is 0.469 e. The summed E-state index contributed by atoms with van der Waals surface area (Å²) >= 11 is 3.41. The Balaban J connectivity index is 1.80. The van der Waals surface area contributed by atoms with Gasteiger partial charge in [-0.3, -0.25) is 24.5 Å². The number of ketones is 1. The molecule has 4 atom stereocenters. The van der Waals surface area contributed by atoms with E-state index in [1.807, 2.05) is 0 Å². The van der Waals surface area contributed by atoms with E-state index in [0.29, 0.717) is 11.3 Å². The van der Waals surface area contributed by atoms with E-state index in [-0.39, 0.29) is 36.5 Å². The van der Waals surface area contributed by atoms with Crippen LogP contribution in [0.25, 0.3) is 0 Å². The van der Waals surface area contributed by atoms with Crippen LogP contribution in [0, 0.1) is 27.9 Å². The molecule has 1 aromatic carbocycles. The molecule has 4 rings (SSSR count). The molecule has 0 radical (unpaired) electrons. The Kier molecular flexibility index (Phi) is 8.48. The Morgan fingerprint density at radius 2 is 1.79 bits per heavy atom. The van der Waals surface area contributed by atoms with E-state index in [9.17, 15) is 24.5 Å². The predicted molar refractivity (Wildman–Crippen MR) is 160 cm³/mol. The summed E-state index contributed by atoms with van der Waals surface area (Å²) in [4.78, 5) is 60.4. The van der Waals surface area contributed by atoms with Crippen LogP contribution in [0.1, 0.15) is 60.5 Å². The van der Waals surface area contributed by atoms with E-state index < -0.39 is 56.9 Å². The van der Waals surface area contributed by atoms with Crippen LogP contribution in [0.5, 0.6) is 11.9 Å². The van der Waals surface area contributed by atoms with Gasteiger partial charge in [0.15, 0.2) is 0 Å². The van der Waals surface area contributed by atoms with Gasteiger partial charge in [-0.05, 0) is 65.2 Å². The van der Waals surface area contributed by atoms with Crippen molar-refractivity contribution < 1.29 is 33.5 Å². The molecule has 232 valence electrons. The first kappa shape index (κ1) is 32.1. The van der Waals surface area contributed by atoms with Gasteiger partial charge in [0, 0.05) is 28.5 Å². The van der Waals surface area contributed by atoms with Gasteiger partial charge < -0.3 is 24.8 Å². The normalized spacial score (nSPS) is 23.1. The van der Waals surface area contributed by atoms with E-state index in [0.717, 1.165) is 4.47 Å². The van der Waals surface area contributed by atoms with Gasteiger partial charge in [-0.25, -0.2) is 0 Å². The predicted octanol–water partition coefficient (Wildman–Crippen LogP) is 4.82. The SMILES string of the molecule is COC(=O)C[C@H]1[C@H](CNc2nc(OC(C)(C)C)nc(OC(C)(C)C)c2[N+](=O)[O-])C(=O)[C@@H](C)[C@@]12C(=O)Nc1cc(Br)ccc12. The summed E-state index contributed by atoms with van der Waals surface area (Å²) in [5, 5.41) is 18.1. The minimum atomic E-state index is -1.35. The Labute approximate surface area is 257 Å². The first-order valence-electron chi connectivity index (χ1n) is 13.8. The second-order valence-electron chi connectivity index (χ2n) is 12.7. The zero-order chi connectivity index (χ0) is 32.1. The standard InChI is InChI=1S/C29H36BrN5O8/c1-14-22(37)16(18(12-20(36)41-8)29(14)17-10-9-15(30)11-19(17)32-25(29)38)13-31-23-21(35(39)40)24(42-27(2,3)4)34-26(33-23)43-28(5,6)7/h9-11,14,16,18H,12-13H2,1-8H3,(H,32,38)(H,31,33,34)/t14-,16+,18+,29+/m1/s1. The van der Waals surface area contributed by atoms with Crippen molar-refractivity contribution in [3.8, 4) is 11.9 Å². The van der Waals surface area contributed by atoms with Crippen LogP contribution in [0.15, 0.2) is 22.7 Å². The van der Waals surface area contributed by atoms with Gasteiger partial charge in [0.2, 0.25) is 11.7 Å². The highest BCUT2D eigenvalue weighted by molar-refractivity contribution is 9.10. The van der Waals surface area contributed by atoms with Crippen molar-refractivity contribution in [3.05, 3.63) is 38.3 Å². The molecule has 0 bridgehead atoms. The number of amides is 1. The molecule has 1 saturated carbocycles. The van der Waals surface area contributed by atoms with Crippen LogP contribution in [-0.4, -0.2) is 57.4 Å². The van der Waals surface area contributed by atoms with Crippen LogP contribution < -0.4 is 20.1 Å². The molecule has 13 nitrogen and oxygen atoms in total. The number of methoxy groups -OCH3 is 1. The molecule has 1 spiro atoms. The monoisotopic (exact) mass is 661 g/mol. The van der Waals surface area contributed by atoms with Crippen LogP contribution >= 0.6 is 15.9 Å². The molecule has 1 aliphatic heterocycles. The highest BCUT2D eigenvalue weighted by Crippen LogP contribution is 2.57. The fourth-order valence-corrected chi connectivity index (χ4v) is 6.27. The number of carbonyl (C=O) groups is 3. The zero-order valence-corrected chi connectivity index (χ0v) is 26.9. The van der Waals surface area contributed by atoms with Gasteiger partial charge in [0.1, 0.15) is 17.0 Å². The lowest BCUT2D eigenvalue weighted by Gasteiger charge is -2.33. The zero-order valence-electron chi connectivity index (χ0n) is 25.4. The summed E-state index contributed by atoms with van der Waals surface area (Å²) in [6.45, 7) is 12.0. The number of nitrogens with one attached hydrogen (secondary N) is 2. The Morgan fingerprint density at radius 1 is 1.14 bits per heavy atom. The Hall–Kier alpha value is -3.81. The summed E-state index contributed by atoms with van der Waals surface area (Å²) in [7, 11) is 1.24. The number of fused-ring (bicyclic) bond motifs is 2. The number of rotatable bonds is 8. The molecule has 0 saturated heterocycles. The van der Waals surface area contributed by atoms with Crippen LogP contribution in [-0.2, 0) is 24.5 Å². The average molecular weight is 663 g/mol. The first-order valence-corrected chi connectivity index (χ1v) is 14.6. The van der Waals surface area contributed by atoms with Crippen LogP contribution in [0.3, 0.4) is 0 Å². The number of esters is 1. The quantitative estimate of drug-likeness (QED) is 0.226. The molecular weight excluding hydrogens is 626 g/mol. The number of carbonyl (C=O) groups excluding carboxylic acids is 3. The maximum atomic E-state index is 13.9. The number of anilines is 2. The maximum Gasteiger partial charge on any atom is 0.373 e. The maximum absolute atomic E-state index is 13.9. The number of ether oxygens (including phenoxy) is 3. The lowest BCUT2D eigenvalue weighted by molar-refractivity contribution is -0.385. The molecule has 1 aromatic heterocycles. The summed E-state index contributed by atoms with van der Waals surface area (Å²) in [5.74, 6) is -4.35. The van der Waals surface area contributed by atoms with Gasteiger partial charge >= 0.3 is 23.5 Å². The van der Waals surface area contributed by atoms with Crippen LogP contribution in [0.4, 0.5) is 17.2 Å². The molecule has 2 N–H and O–H groups in total. The smallest absolute Gasteiger partial charge is 0.373 e. The van der Waals surface area contributed by atoms with E-state index in [1.165, 1.54) is 7.11 Å². The molecule has 1 aliphatic carbocycles. The number of benzene rings is 1. The van der Waals surface area contributed by atoms with E-state index in [2.05, 4.69) is 36.5 Å². The van der Waals surface area contributed by atoms with Crippen molar-refractivity contribution in [2.45, 2.75) is 71.5 Å². The molecule has 14 heteroatoms. The molecule has 2 aliphatic rings. The van der Waals surface area contributed by atoms with Crippen molar-refractivity contribution >= 4 is 50.8 Å². The van der Waals surface area contributed by atoms with E-state index >= 15 is 0 Å². The number of Topliss-reactive ketones (excluding diaryl/α,β-unsaturated/α-hetero) is 1. The van der Waals surface area contributed by atoms with Crippen molar-refractivity contribution in [1.82, 2.24) is 9.97 Å². The number of nitro groups is 1. The minimum absolute atomic E-state index is 0.164. The Morgan fingerprint density at radius 3 is 2.37 bits per heavy atom. The second kappa shape index (κ2) is 11.4. The summed E-state index contributed by atoms with van der Waals surface area (Å²) in [6.07, 6.45) is -0.232. The molecule has 2 aromatic rings. The third-order valence-electron chi connectivity index (χ3n) is 7.52. The lowest BCUT2D eigenvalue weighted by atomic mass is 9.66. The first-order chi connectivity index (χ1) is 19.9. The molecule has 2 heterocycles. The molecule has 1 amide bonds. The summed E-state index contributed by atoms with van der Waals surface area (Å²) in [6, 6.07) is 5.12. The van der Waals surface area contributed by atoms with Gasteiger partial charge in [0.25, 0.3) is 0 Å². The van der Waals surface area contributed by atoms with Gasteiger partial charge in [-0.1, -0.05) is 28.9 Å². The van der Waals surface area contributed by atoms with Gasteiger partial charge in [-0.15, -0.1) is 0 Å². The third kappa shape index (κ3) is 6.15. The number of aromatic nitrogens is 2. The summed E-state index contributed by atoms with van der Waals surface area (Å²) in [5.41, 5.74) is -2.33. The van der Waals surface area contributed by atoms with E-state index in [4.69, 9.17) is 14.2 Å². The number of hydrogen-bond acceptors (Lipinski definition) is 11. The highest BCUT2D eigenvalue weighted by atomic mass is 79.9. The van der Waals surface area contributed by atoms with Gasteiger partial charge in [0.05, 0.1) is 23.9 Å². The van der Waals surface area contributed by atoms with Crippen LogP contribution in [0.2, 0.25) is 0 Å². The average Bonchev–Trinajstić information content (AvgIpc) is 3.26. The van der Waals surface area contributed by atoms with Crippen molar-refractivity contribution in [1.29, 1.82) is 0 Å². The third-order valence-corrected chi connectivity index (χ3v) is 8.01. The molecule has 1 fully saturated rings. The van der Waals surface area contributed by atoms with Gasteiger partial charge in [-0.2, -0.15) is 9.97 Å². The fraction of sp³-hybridized carbons (Fsp3) is 0.552. The minimum Gasteiger partial charge on any atom is -0.469 e. The highest BCUT2D eigenvalue weighted by Gasteiger charge is 2.66. The fourth-order valence-electron chi connectivity index (χ4n) is 5.91. The van der Waals surface area contributed by atoms with E-state index in [1.54, 1.807) is 66.7 Å².